The molecule has 2 nitrogen and oxygen atoms in total. The standard InChI is InChI=1S/C19H19NOS3/c1-12-4-6-13(7-5-12)18-17(19(22)24-23-18)14-8-9-16(21)15(10-14)11-20(2)3/h4-10,21H,11H2,1-3H3. The average Bonchev–Trinajstić information content (AvgIpc) is 2.91. The molecule has 2 aromatic carbocycles. The number of hydrogen-bond donors (Lipinski definition) is 1. The topological polar surface area (TPSA) is 23.5 Å². The van der Waals surface area contributed by atoms with Gasteiger partial charge in [0.05, 0.1) is 4.88 Å². The first-order valence-electron chi connectivity index (χ1n) is 7.63. The van der Waals surface area contributed by atoms with Crippen LogP contribution in [0.5, 0.6) is 5.75 Å². The molecule has 1 heterocycles. The van der Waals surface area contributed by atoms with E-state index in [9.17, 15) is 5.11 Å². The van der Waals surface area contributed by atoms with Crippen LogP contribution in [0.3, 0.4) is 0 Å². The van der Waals surface area contributed by atoms with Gasteiger partial charge >= 0.3 is 0 Å². The summed E-state index contributed by atoms with van der Waals surface area (Å²) in [6.07, 6.45) is 0. The largest absolute Gasteiger partial charge is 0.508 e. The molecule has 5 heteroatoms. The number of aryl methyl sites for hydroxylation is 1. The van der Waals surface area contributed by atoms with Crippen molar-refractivity contribution in [3.63, 3.8) is 0 Å². The molecule has 3 aromatic rings. The van der Waals surface area contributed by atoms with Gasteiger partial charge in [-0.2, -0.15) is 0 Å². The lowest BCUT2D eigenvalue weighted by atomic mass is 10.0. The summed E-state index contributed by atoms with van der Waals surface area (Å²) < 4.78 is 0.900. The van der Waals surface area contributed by atoms with Crippen LogP contribution in [0.4, 0.5) is 0 Å². The first-order chi connectivity index (χ1) is 11.5. The van der Waals surface area contributed by atoms with E-state index in [1.165, 1.54) is 16.0 Å². The molecular formula is C19H19NOS3. The molecule has 24 heavy (non-hydrogen) atoms. The van der Waals surface area contributed by atoms with Gasteiger partial charge in [-0.25, -0.2) is 0 Å². The second-order valence-corrected chi connectivity index (χ2v) is 8.92. The molecule has 0 aliphatic rings. The Morgan fingerprint density at radius 1 is 1.00 bits per heavy atom. The third-order valence-corrected chi connectivity index (χ3v) is 6.87. The highest BCUT2D eigenvalue weighted by molar-refractivity contribution is 7.80. The van der Waals surface area contributed by atoms with E-state index in [2.05, 4.69) is 37.3 Å². The summed E-state index contributed by atoms with van der Waals surface area (Å²) in [5, 5.41) is 10.1. The van der Waals surface area contributed by atoms with Crippen molar-refractivity contribution in [3.05, 3.63) is 57.4 Å². The lowest BCUT2D eigenvalue weighted by Gasteiger charge is -2.13. The molecule has 3 rings (SSSR count). The third-order valence-electron chi connectivity index (χ3n) is 3.80. The van der Waals surface area contributed by atoms with Gasteiger partial charge in [-0.3, -0.25) is 0 Å². The van der Waals surface area contributed by atoms with Crippen LogP contribution in [0, 0.1) is 10.7 Å². The Balaban J connectivity index is 2.12. The molecule has 0 radical (unpaired) electrons. The Bertz CT molecular complexity index is 907. The van der Waals surface area contributed by atoms with Gasteiger partial charge in [-0.05, 0) is 44.3 Å². The summed E-state index contributed by atoms with van der Waals surface area (Å²) in [6, 6.07) is 14.3. The van der Waals surface area contributed by atoms with Crippen LogP contribution in [0.15, 0.2) is 42.5 Å². The van der Waals surface area contributed by atoms with Crippen LogP contribution < -0.4 is 0 Å². The summed E-state index contributed by atoms with van der Waals surface area (Å²) in [4.78, 5) is 3.25. The van der Waals surface area contributed by atoms with Gasteiger partial charge in [0.25, 0.3) is 0 Å². The lowest BCUT2D eigenvalue weighted by molar-refractivity contribution is 0.386. The maximum atomic E-state index is 10.1. The Hall–Kier alpha value is -1.53. The quantitative estimate of drug-likeness (QED) is 0.451. The number of rotatable bonds is 4. The Morgan fingerprint density at radius 3 is 2.33 bits per heavy atom. The molecule has 1 N–H and O–H groups in total. The first kappa shape index (κ1) is 17.3. The van der Waals surface area contributed by atoms with Crippen molar-refractivity contribution in [1.29, 1.82) is 0 Å². The molecular weight excluding hydrogens is 354 g/mol. The molecule has 0 atom stereocenters. The van der Waals surface area contributed by atoms with E-state index in [1.54, 1.807) is 26.7 Å². The normalized spacial score (nSPS) is 11.2. The van der Waals surface area contributed by atoms with E-state index in [4.69, 9.17) is 12.2 Å². The number of aromatic hydroxyl groups is 1. The fourth-order valence-electron chi connectivity index (χ4n) is 2.61. The summed E-state index contributed by atoms with van der Waals surface area (Å²) in [6.45, 7) is 2.79. The van der Waals surface area contributed by atoms with Crippen molar-refractivity contribution in [2.75, 3.05) is 14.1 Å². The molecule has 0 saturated carbocycles. The molecule has 1 aromatic heterocycles. The Kier molecular flexibility index (Phi) is 5.15. The number of phenols is 1. The van der Waals surface area contributed by atoms with E-state index in [0.717, 1.165) is 20.5 Å². The van der Waals surface area contributed by atoms with Gasteiger partial charge in [0.2, 0.25) is 0 Å². The monoisotopic (exact) mass is 373 g/mol. The molecule has 124 valence electrons. The van der Waals surface area contributed by atoms with E-state index < -0.39 is 0 Å². The highest BCUT2D eigenvalue weighted by Crippen LogP contribution is 2.42. The van der Waals surface area contributed by atoms with Crippen LogP contribution >= 0.6 is 32.9 Å². The molecule has 0 fully saturated rings. The van der Waals surface area contributed by atoms with Crippen LogP contribution in [-0.4, -0.2) is 24.1 Å². The van der Waals surface area contributed by atoms with E-state index in [-0.39, 0.29) is 0 Å². The summed E-state index contributed by atoms with van der Waals surface area (Å²) >= 11 is 5.60. The number of nitrogens with zero attached hydrogens (tertiary/aromatic N) is 1. The molecule has 0 bridgehead atoms. The van der Waals surface area contributed by atoms with Gasteiger partial charge in [-0.15, -0.1) is 0 Å². The highest BCUT2D eigenvalue weighted by atomic mass is 32.9. The van der Waals surface area contributed by atoms with Crippen molar-refractivity contribution >= 4 is 32.9 Å². The molecule has 0 aliphatic heterocycles. The van der Waals surface area contributed by atoms with Gasteiger partial charge in [0, 0.05) is 17.7 Å². The SMILES string of the molecule is Cc1ccc(-c2ssc(=S)c2-c2ccc(O)c(CN(C)C)c2)cc1. The number of phenolic OH excluding ortho intramolecular Hbond substituents is 1. The predicted molar refractivity (Wildman–Crippen MR) is 108 cm³/mol. The van der Waals surface area contributed by atoms with E-state index >= 15 is 0 Å². The second-order valence-electron chi connectivity index (χ2n) is 6.11. The van der Waals surface area contributed by atoms with Gasteiger partial charge in [-0.1, -0.05) is 68.8 Å². The molecule has 0 amide bonds. The third kappa shape index (κ3) is 3.59. The Labute approximate surface area is 155 Å². The van der Waals surface area contributed by atoms with E-state index in [1.807, 2.05) is 25.1 Å². The first-order valence-corrected chi connectivity index (χ1v) is 10.2. The smallest absolute Gasteiger partial charge is 0.120 e. The molecule has 0 spiro atoms. The summed E-state index contributed by atoms with van der Waals surface area (Å²) in [5.41, 5.74) is 5.52. The van der Waals surface area contributed by atoms with Crippen molar-refractivity contribution < 1.29 is 5.11 Å². The minimum absolute atomic E-state index is 0.328. The van der Waals surface area contributed by atoms with Gasteiger partial charge in [0.15, 0.2) is 0 Å². The predicted octanol–water partition coefficient (Wildman–Crippen LogP) is 5.95. The van der Waals surface area contributed by atoms with Crippen molar-refractivity contribution in [1.82, 2.24) is 4.90 Å². The molecule has 0 saturated heterocycles. The number of hydrogen-bond acceptors (Lipinski definition) is 5. The van der Waals surface area contributed by atoms with Crippen LogP contribution in [0.25, 0.3) is 21.6 Å². The molecule has 0 aliphatic carbocycles. The van der Waals surface area contributed by atoms with Gasteiger partial charge in [0.1, 0.15) is 9.57 Å². The molecule has 0 unspecified atom stereocenters. The van der Waals surface area contributed by atoms with Crippen LogP contribution in [0.2, 0.25) is 0 Å². The second kappa shape index (κ2) is 7.15. The van der Waals surface area contributed by atoms with E-state index in [0.29, 0.717) is 12.3 Å². The zero-order valence-corrected chi connectivity index (χ0v) is 16.3. The summed E-state index contributed by atoms with van der Waals surface area (Å²) in [7, 11) is 7.34. The van der Waals surface area contributed by atoms with Crippen molar-refractivity contribution in [2.24, 2.45) is 0 Å². The van der Waals surface area contributed by atoms with Crippen molar-refractivity contribution in [2.45, 2.75) is 13.5 Å². The summed E-state index contributed by atoms with van der Waals surface area (Å²) in [5.74, 6) is 0.328. The van der Waals surface area contributed by atoms with Crippen molar-refractivity contribution in [3.8, 4) is 27.3 Å². The fourth-order valence-corrected chi connectivity index (χ4v) is 5.53. The van der Waals surface area contributed by atoms with Crippen LogP contribution in [0.1, 0.15) is 11.1 Å². The lowest BCUT2D eigenvalue weighted by Crippen LogP contribution is -2.10. The average molecular weight is 374 g/mol. The minimum atomic E-state index is 0.328. The zero-order valence-electron chi connectivity index (χ0n) is 13.9. The van der Waals surface area contributed by atoms with Gasteiger partial charge < -0.3 is 10.0 Å². The van der Waals surface area contributed by atoms with Crippen LogP contribution in [-0.2, 0) is 6.54 Å². The zero-order chi connectivity index (χ0) is 17.3. The fraction of sp³-hybridized carbons (Fsp3) is 0.211. The maximum absolute atomic E-state index is 10.1. The Morgan fingerprint density at radius 2 is 1.67 bits per heavy atom. The highest BCUT2D eigenvalue weighted by Gasteiger charge is 2.14. The maximum Gasteiger partial charge on any atom is 0.120 e. The minimum Gasteiger partial charge on any atom is -0.508 e. The number of benzene rings is 2.